The molecule has 2 atom stereocenters. The van der Waals surface area contributed by atoms with Crippen LogP contribution in [-0.2, 0) is 0 Å². The van der Waals surface area contributed by atoms with E-state index < -0.39 is 0 Å². The SMILES string of the molecule is CC(C)CNC(=O)NC[C@@H]1CC[C@H](N)C1. The molecular formula is C11H23N3O. The van der Waals surface area contributed by atoms with E-state index in [0.29, 0.717) is 17.9 Å². The Morgan fingerprint density at radius 2 is 2.13 bits per heavy atom. The molecule has 0 aromatic carbocycles. The maximum absolute atomic E-state index is 11.3. The van der Waals surface area contributed by atoms with Crippen LogP contribution in [0.25, 0.3) is 0 Å². The van der Waals surface area contributed by atoms with E-state index in [-0.39, 0.29) is 6.03 Å². The first-order valence-electron chi connectivity index (χ1n) is 5.85. The molecule has 4 heteroatoms. The molecule has 0 aliphatic heterocycles. The summed E-state index contributed by atoms with van der Waals surface area (Å²) in [7, 11) is 0. The molecule has 1 aliphatic rings. The third kappa shape index (κ3) is 5.02. The molecule has 0 aromatic heterocycles. The van der Waals surface area contributed by atoms with Crippen molar-refractivity contribution in [3.05, 3.63) is 0 Å². The van der Waals surface area contributed by atoms with Gasteiger partial charge in [0.1, 0.15) is 0 Å². The number of nitrogens with two attached hydrogens (primary N) is 1. The van der Waals surface area contributed by atoms with Gasteiger partial charge in [0.2, 0.25) is 0 Å². The first kappa shape index (κ1) is 12.3. The predicted molar refractivity (Wildman–Crippen MR) is 61.6 cm³/mol. The maximum Gasteiger partial charge on any atom is 0.314 e. The zero-order valence-corrected chi connectivity index (χ0v) is 9.75. The molecule has 4 N–H and O–H groups in total. The lowest BCUT2D eigenvalue weighted by Crippen LogP contribution is -2.39. The van der Waals surface area contributed by atoms with Crippen LogP contribution in [-0.4, -0.2) is 25.2 Å². The van der Waals surface area contributed by atoms with E-state index in [1.54, 1.807) is 0 Å². The number of urea groups is 1. The van der Waals surface area contributed by atoms with Crippen molar-refractivity contribution in [2.45, 2.75) is 39.2 Å². The Morgan fingerprint density at radius 1 is 1.40 bits per heavy atom. The molecule has 2 amide bonds. The van der Waals surface area contributed by atoms with E-state index in [9.17, 15) is 4.79 Å². The zero-order valence-electron chi connectivity index (χ0n) is 9.75. The highest BCUT2D eigenvalue weighted by atomic mass is 16.2. The van der Waals surface area contributed by atoms with E-state index in [2.05, 4.69) is 24.5 Å². The van der Waals surface area contributed by atoms with Gasteiger partial charge in [-0.3, -0.25) is 0 Å². The maximum atomic E-state index is 11.3. The fourth-order valence-electron chi connectivity index (χ4n) is 1.90. The van der Waals surface area contributed by atoms with Gasteiger partial charge in [-0.05, 0) is 31.1 Å². The molecule has 0 radical (unpaired) electrons. The van der Waals surface area contributed by atoms with E-state index in [0.717, 1.165) is 32.4 Å². The first-order valence-corrected chi connectivity index (χ1v) is 5.85. The van der Waals surface area contributed by atoms with Crippen molar-refractivity contribution in [3.8, 4) is 0 Å². The van der Waals surface area contributed by atoms with Gasteiger partial charge in [-0.25, -0.2) is 4.79 Å². The van der Waals surface area contributed by atoms with E-state index >= 15 is 0 Å². The highest BCUT2D eigenvalue weighted by molar-refractivity contribution is 5.73. The quantitative estimate of drug-likeness (QED) is 0.654. The van der Waals surface area contributed by atoms with Crippen molar-refractivity contribution >= 4 is 6.03 Å². The molecule has 1 saturated carbocycles. The van der Waals surface area contributed by atoms with Crippen LogP contribution < -0.4 is 16.4 Å². The Hall–Kier alpha value is -0.770. The van der Waals surface area contributed by atoms with E-state index in [1.807, 2.05) is 0 Å². The molecule has 1 rings (SSSR count). The van der Waals surface area contributed by atoms with Crippen LogP contribution in [0.3, 0.4) is 0 Å². The van der Waals surface area contributed by atoms with Crippen LogP contribution in [0.5, 0.6) is 0 Å². The van der Waals surface area contributed by atoms with Gasteiger partial charge < -0.3 is 16.4 Å². The Kier molecular flexibility index (Phi) is 4.88. The van der Waals surface area contributed by atoms with E-state index in [1.165, 1.54) is 0 Å². The number of hydrogen-bond acceptors (Lipinski definition) is 2. The summed E-state index contributed by atoms with van der Waals surface area (Å²) in [6, 6.07) is 0.291. The molecule has 88 valence electrons. The van der Waals surface area contributed by atoms with E-state index in [4.69, 9.17) is 5.73 Å². The standard InChI is InChI=1S/C11H23N3O/c1-8(2)6-13-11(15)14-7-9-3-4-10(12)5-9/h8-10H,3-7,12H2,1-2H3,(H2,13,14,15)/t9-,10+/m1/s1. The van der Waals surface area contributed by atoms with Gasteiger partial charge in [0.15, 0.2) is 0 Å². The van der Waals surface area contributed by atoms with Gasteiger partial charge in [0.05, 0.1) is 0 Å². The average molecular weight is 213 g/mol. The summed E-state index contributed by atoms with van der Waals surface area (Å²) in [5.74, 6) is 1.07. The van der Waals surface area contributed by atoms with Crippen LogP contribution in [0.15, 0.2) is 0 Å². The van der Waals surface area contributed by atoms with Gasteiger partial charge in [0, 0.05) is 19.1 Å². The van der Waals surface area contributed by atoms with Gasteiger partial charge in [-0.15, -0.1) is 0 Å². The minimum absolute atomic E-state index is 0.0517. The number of carbonyl (C=O) groups is 1. The molecule has 0 saturated heterocycles. The van der Waals surface area contributed by atoms with Crippen LogP contribution >= 0.6 is 0 Å². The molecule has 15 heavy (non-hydrogen) atoms. The third-order valence-electron chi connectivity index (χ3n) is 2.80. The van der Waals surface area contributed by atoms with Crippen molar-refractivity contribution in [1.29, 1.82) is 0 Å². The Bertz CT molecular complexity index is 206. The van der Waals surface area contributed by atoms with Gasteiger partial charge in [0.25, 0.3) is 0 Å². The van der Waals surface area contributed by atoms with Crippen LogP contribution in [0.1, 0.15) is 33.1 Å². The fraction of sp³-hybridized carbons (Fsp3) is 0.909. The number of hydrogen-bond donors (Lipinski definition) is 3. The van der Waals surface area contributed by atoms with Crippen molar-refractivity contribution in [1.82, 2.24) is 10.6 Å². The third-order valence-corrected chi connectivity index (χ3v) is 2.80. The topological polar surface area (TPSA) is 67.2 Å². The summed E-state index contributed by atoms with van der Waals surface area (Å²) >= 11 is 0. The number of nitrogens with one attached hydrogen (secondary N) is 2. The molecule has 0 unspecified atom stereocenters. The fourth-order valence-corrected chi connectivity index (χ4v) is 1.90. The lowest BCUT2D eigenvalue weighted by Gasteiger charge is -2.12. The molecule has 0 aromatic rings. The summed E-state index contributed by atoms with van der Waals surface area (Å²) in [6.45, 7) is 5.65. The summed E-state index contributed by atoms with van der Waals surface area (Å²) < 4.78 is 0. The minimum atomic E-state index is -0.0517. The van der Waals surface area contributed by atoms with Crippen molar-refractivity contribution < 1.29 is 4.79 Å². The minimum Gasteiger partial charge on any atom is -0.338 e. The van der Waals surface area contributed by atoms with Gasteiger partial charge in [-0.2, -0.15) is 0 Å². The molecule has 0 bridgehead atoms. The molecule has 4 nitrogen and oxygen atoms in total. The van der Waals surface area contributed by atoms with Crippen molar-refractivity contribution in [3.63, 3.8) is 0 Å². The summed E-state index contributed by atoms with van der Waals surface area (Å²) in [6.07, 6.45) is 3.29. The lowest BCUT2D eigenvalue weighted by atomic mass is 10.1. The molecular weight excluding hydrogens is 190 g/mol. The second-order valence-electron chi connectivity index (χ2n) is 4.92. The number of rotatable bonds is 4. The molecule has 1 aliphatic carbocycles. The number of carbonyl (C=O) groups excluding carboxylic acids is 1. The Balaban J connectivity index is 2.06. The zero-order chi connectivity index (χ0) is 11.3. The lowest BCUT2D eigenvalue weighted by molar-refractivity contribution is 0.237. The first-order chi connectivity index (χ1) is 7.08. The smallest absolute Gasteiger partial charge is 0.314 e. The Labute approximate surface area is 92.0 Å². The second-order valence-corrected chi connectivity index (χ2v) is 4.92. The largest absolute Gasteiger partial charge is 0.338 e. The Morgan fingerprint density at radius 3 is 2.67 bits per heavy atom. The highest BCUT2D eigenvalue weighted by Gasteiger charge is 2.21. The molecule has 0 heterocycles. The average Bonchev–Trinajstić information content (AvgIpc) is 2.58. The van der Waals surface area contributed by atoms with Gasteiger partial charge >= 0.3 is 6.03 Å². The highest BCUT2D eigenvalue weighted by Crippen LogP contribution is 2.22. The summed E-state index contributed by atoms with van der Waals surface area (Å²) in [5, 5.41) is 5.73. The normalized spacial score (nSPS) is 25.6. The van der Waals surface area contributed by atoms with Crippen molar-refractivity contribution in [2.75, 3.05) is 13.1 Å². The molecule has 0 spiro atoms. The molecule has 1 fully saturated rings. The van der Waals surface area contributed by atoms with Crippen LogP contribution in [0, 0.1) is 11.8 Å². The van der Waals surface area contributed by atoms with Crippen molar-refractivity contribution in [2.24, 2.45) is 17.6 Å². The predicted octanol–water partition coefficient (Wildman–Crippen LogP) is 1.07. The second kappa shape index (κ2) is 5.95. The summed E-state index contributed by atoms with van der Waals surface area (Å²) in [5.41, 5.74) is 5.80. The van der Waals surface area contributed by atoms with Crippen LogP contribution in [0.2, 0.25) is 0 Å². The summed E-state index contributed by atoms with van der Waals surface area (Å²) in [4.78, 5) is 11.3. The van der Waals surface area contributed by atoms with Crippen LogP contribution in [0.4, 0.5) is 4.79 Å². The number of amides is 2. The monoisotopic (exact) mass is 213 g/mol. The van der Waals surface area contributed by atoms with Gasteiger partial charge in [-0.1, -0.05) is 13.8 Å².